The molecule has 1 aromatic carbocycles. The smallest absolute Gasteiger partial charge is 0.340 e. The lowest BCUT2D eigenvalue weighted by Gasteiger charge is -2.17. The average molecular weight is 399 g/mol. The van der Waals surface area contributed by atoms with Gasteiger partial charge >= 0.3 is 11.6 Å². The maximum atomic E-state index is 12.5. The lowest BCUT2D eigenvalue weighted by atomic mass is 9.98. The van der Waals surface area contributed by atoms with Crippen LogP contribution in [0.4, 0.5) is 0 Å². The number of benzene rings is 1. The molecule has 0 aliphatic heterocycles. The van der Waals surface area contributed by atoms with Crippen molar-refractivity contribution in [3.05, 3.63) is 45.0 Å². The fraction of sp³-hybridized carbons (Fsp3) is 0.409. The minimum Gasteiger partial charge on any atom is -0.480 e. The number of carbonyl (C=O) groups is 2. The van der Waals surface area contributed by atoms with Crippen molar-refractivity contribution >= 4 is 33.8 Å². The Labute approximate surface area is 167 Å². The number of aryl methyl sites for hydroxylation is 3. The number of rotatable bonds is 6. The van der Waals surface area contributed by atoms with Gasteiger partial charge in [0.1, 0.15) is 17.2 Å². The van der Waals surface area contributed by atoms with E-state index in [1.165, 1.54) is 0 Å². The minimum absolute atomic E-state index is 0.0996. The molecule has 0 radical (unpaired) electrons. The molecule has 2 aromatic heterocycles. The second-order valence-corrected chi connectivity index (χ2v) is 7.95. The predicted octanol–water partition coefficient (Wildman–Crippen LogP) is 3.62. The Bertz CT molecular complexity index is 1170. The van der Waals surface area contributed by atoms with Gasteiger partial charge in [0.2, 0.25) is 5.91 Å². The zero-order valence-electron chi connectivity index (χ0n) is 17.2. The highest BCUT2D eigenvalue weighted by atomic mass is 16.4. The van der Waals surface area contributed by atoms with Crippen molar-refractivity contribution in [3.8, 4) is 0 Å². The SMILES string of the molecule is Cc1coc2c1c(C)cc1oc(=O)c(CC(=O)N[C@@H](CC(C)C)C(=O)O)c(C)c12. The first kappa shape index (κ1) is 20.6. The van der Waals surface area contributed by atoms with Crippen LogP contribution in [0.2, 0.25) is 0 Å². The Morgan fingerprint density at radius 2 is 1.83 bits per heavy atom. The van der Waals surface area contributed by atoms with Crippen LogP contribution in [0, 0.1) is 26.7 Å². The minimum atomic E-state index is -1.10. The normalized spacial score (nSPS) is 12.6. The first-order chi connectivity index (χ1) is 13.6. The summed E-state index contributed by atoms with van der Waals surface area (Å²) >= 11 is 0. The number of furan rings is 1. The van der Waals surface area contributed by atoms with Gasteiger partial charge in [0.05, 0.1) is 23.6 Å². The van der Waals surface area contributed by atoms with E-state index in [0.717, 1.165) is 16.5 Å². The van der Waals surface area contributed by atoms with E-state index in [9.17, 15) is 19.5 Å². The summed E-state index contributed by atoms with van der Waals surface area (Å²) in [7, 11) is 0. The van der Waals surface area contributed by atoms with E-state index in [-0.39, 0.29) is 17.9 Å². The second kappa shape index (κ2) is 7.73. The number of nitrogens with one attached hydrogen (secondary N) is 1. The van der Waals surface area contributed by atoms with Crippen LogP contribution in [0.3, 0.4) is 0 Å². The van der Waals surface area contributed by atoms with Gasteiger partial charge in [-0.3, -0.25) is 4.79 Å². The Morgan fingerprint density at radius 1 is 1.14 bits per heavy atom. The Balaban J connectivity index is 2.03. The highest BCUT2D eigenvalue weighted by Gasteiger charge is 2.24. The van der Waals surface area contributed by atoms with E-state index in [2.05, 4.69) is 5.32 Å². The quantitative estimate of drug-likeness (QED) is 0.613. The summed E-state index contributed by atoms with van der Waals surface area (Å²) in [5.74, 6) is -1.54. The fourth-order valence-corrected chi connectivity index (χ4v) is 3.78. The third-order valence-corrected chi connectivity index (χ3v) is 5.14. The topological polar surface area (TPSA) is 110 Å². The summed E-state index contributed by atoms with van der Waals surface area (Å²) in [6.07, 6.45) is 1.69. The highest BCUT2D eigenvalue weighted by molar-refractivity contribution is 6.07. The standard InChI is InChI=1S/C22H25NO6/c1-10(2)6-15(21(25)26)23-17(24)8-14-13(5)19-16(29-22(14)27)7-11(3)18-12(4)9-28-20(18)19/h7,9-10,15H,6,8H2,1-5H3,(H,23,24)(H,25,26)/t15-/m0/s1. The maximum Gasteiger partial charge on any atom is 0.340 e. The number of amides is 1. The van der Waals surface area contributed by atoms with Crippen LogP contribution in [-0.2, 0) is 16.0 Å². The summed E-state index contributed by atoms with van der Waals surface area (Å²) in [5, 5.41) is 13.4. The zero-order valence-corrected chi connectivity index (χ0v) is 17.2. The number of carbonyl (C=O) groups excluding carboxylic acids is 1. The number of aliphatic carboxylic acids is 1. The zero-order chi connectivity index (χ0) is 21.5. The molecule has 2 N–H and O–H groups in total. The third-order valence-electron chi connectivity index (χ3n) is 5.14. The molecule has 0 bridgehead atoms. The molecule has 0 spiro atoms. The van der Waals surface area contributed by atoms with Gasteiger partial charge in [-0.1, -0.05) is 13.8 Å². The lowest BCUT2D eigenvalue weighted by molar-refractivity contribution is -0.142. The van der Waals surface area contributed by atoms with Crippen LogP contribution in [-0.4, -0.2) is 23.0 Å². The third kappa shape index (κ3) is 3.90. The summed E-state index contributed by atoms with van der Waals surface area (Å²) < 4.78 is 11.2. The molecule has 154 valence electrons. The molecule has 1 atom stereocenters. The molecule has 0 fully saturated rings. The number of hydrogen-bond donors (Lipinski definition) is 2. The van der Waals surface area contributed by atoms with E-state index < -0.39 is 23.5 Å². The Morgan fingerprint density at radius 3 is 2.45 bits per heavy atom. The summed E-state index contributed by atoms with van der Waals surface area (Å²) in [6.45, 7) is 9.36. The van der Waals surface area contributed by atoms with Gasteiger partial charge in [0, 0.05) is 5.39 Å². The van der Waals surface area contributed by atoms with Gasteiger partial charge in [-0.2, -0.15) is 0 Å². The second-order valence-electron chi connectivity index (χ2n) is 7.95. The number of carboxylic acid groups (broad SMARTS) is 1. The van der Waals surface area contributed by atoms with Crippen LogP contribution in [0.5, 0.6) is 0 Å². The van der Waals surface area contributed by atoms with Crippen molar-refractivity contribution in [2.24, 2.45) is 5.92 Å². The summed E-state index contributed by atoms with van der Waals surface area (Å²) in [4.78, 5) is 36.4. The van der Waals surface area contributed by atoms with Gasteiger partial charge in [-0.25, -0.2) is 9.59 Å². The van der Waals surface area contributed by atoms with Crippen molar-refractivity contribution in [2.45, 2.75) is 53.5 Å². The van der Waals surface area contributed by atoms with Gasteiger partial charge < -0.3 is 19.3 Å². The number of carboxylic acids is 1. The molecule has 1 amide bonds. The molecule has 7 nitrogen and oxygen atoms in total. The van der Waals surface area contributed by atoms with E-state index in [0.29, 0.717) is 28.5 Å². The number of hydrogen-bond acceptors (Lipinski definition) is 5. The molecule has 0 aliphatic carbocycles. The van der Waals surface area contributed by atoms with Gasteiger partial charge in [-0.15, -0.1) is 0 Å². The molecule has 3 rings (SSSR count). The molecule has 7 heteroatoms. The molecule has 2 heterocycles. The maximum absolute atomic E-state index is 12.5. The summed E-state index contributed by atoms with van der Waals surface area (Å²) in [6, 6.07) is 0.791. The lowest BCUT2D eigenvalue weighted by Crippen LogP contribution is -2.42. The Hall–Kier alpha value is -3.09. The first-order valence-corrected chi connectivity index (χ1v) is 9.56. The van der Waals surface area contributed by atoms with E-state index in [4.69, 9.17) is 8.83 Å². The van der Waals surface area contributed by atoms with Gasteiger partial charge in [0.15, 0.2) is 0 Å². The van der Waals surface area contributed by atoms with Crippen molar-refractivity contribution in [1.82, 2.24) is 5.32 Å². The predicted molar refractivity (Wildman–Crippen MR) is 109 cm³/mol. The van der Waals surface area contributed by atoms with Crippen LogP contribution >= 0.6 is 0 Å². The van der Waals surface area contributed by atoms with Crippen LogP contribution in [0.1, 0.15) is 42.5 Å². The number of fused-ring (bicyclic) bond motifs is 3. The van der Waals surface area contributed by atoms with Gasteiger partial charge in [-0.05, 0) is 55.9 Å². The molecule has 29 heavy (non-hydrogen) atoms. The van der Waals surface area contributed by atoms with Gasteiger partial charge in [0.25, 0.3) is 0 Å². The molecule has 0 aliphatic rings. The van der Waals surface area contributed by atoms with Crippen LogP contribution < -0.4 is 10.9 Å². The van der Waals surface area contributed by atoms with Crippen LogP contribution in [0.25, 0.3) is 21.9 Å². The Kier molecular flexibility index (Phi) is 5.50. The van der Waals surface area contributed by atoms with Crippen molar-refractivity contribution < 1.29 is 23.5 Å². The largest absolute Gasteiger partial charge is 0.480 e. The molecular weight excluding hydrogens is 374 g/mol. The molecule has 0 saturated heterocycles. The molecule has 0 saturated carbocycles. The molecule has 0 unspecified atom stereocenters. The summed E-state index contributed by atoms with van der Waals surface area (Å²) in [5.41, 5.74) is 3.11. The van der Waals surface area contributed by atoms with Crippen LogP contribution in [0.15, 0.2) is 26.0 Å². The van der Waals surface area contributed by atoms with E-state index in [1.807, 2.05) is 27.7 Å². The molecular formula is C22H25NO6. The monoisotopic (exact) mass is 399 g/mol. The van der Waals surface area contributed by atoms with E-state index in [1.54, 1.807) is 19.3 Å². The average Bonchev–Trinajstić information content (AvgIpc) is 2.99. The first-order valence-electron chi connectivity index (χ1n) is 9.56. The highest BCUT2D eigenvalue weighted by Crippen LogP contribution is 2.34. The van der Waals surface area contributed by atoms with Crippen molar-refractivity contribution in [3.63, 3.8) is 0 Å². The fourth-order valence-electron chi connectivity index (χ4n) is 3.78. The van der Waals surface area contributed by atoms with Crippen molar-refractivity contribution in [1.29, 1.82) is 0 Å². The van der Waals surface area contributed by atoms with Crippen molar-refractivity contribution in [2.75, 3.05) is 0 Å². The van der Waals surface area contributed by atoms with E-state index >= 15 is 0 Å². The molecule has 3 aromatic rings.